The van der Waals surface area contributed by atoms with Crippen LogP contribution in [0.15, 0.2) is 16.1 Å². The van der Waals surface area contributed by atoms with Gasteiger partial charge in [-0.3, -0.25) is 0 Å². The first kappa shape index (κ1) is 17.1. The predicted octanol–water partition coefficient (Wildman–Crippen LogP) is 4.77. The molecule has 0 bridgehead atoms. The Labute approximate surface area is 127 Å². The SMILES string of the molecule is C=NC(Cl)=Nc1[nH]c(CO[Si](C)(C)C(C)(C)C)cc1C. The number of hydrogen-bond acceptors (Lipinski definition) is 2. The maximum Gasteiger partial charge on any atom is 0.223 e. The van der Waals surface area contributed by atoms with Crippen LogP contribution in [0.1, 0.15) is 32.0 Å². The molecule has 112 valence electrons. The lowest BCUT2D eigenvalue weighted by Crippen LogP contribution is -2.40. The number of nitrogens with one attached hydrogen (secondary N) is 1. The van der Waals surface area contributed by atoms with Gasteiger partial charge in [-0.15, -0.1) is 0 Å². The lowest BCUT2D eigenvalue weighted by Gasteiger charge is -2.36. The fourth-order valence-electron chi connectivity index (χ4n) is 1.41. The number of rotatable bonds is 4. The number of hydrogen-bond donors (Lipinski definition) is 1. The van der Waals surface area contributed by atoms with Gasteiger partial charge < -0.3 is 9.41 Å². The van der Waals surface area contributed by atoms with E-state index in [9.17, 15) is 0 Å². The third-order valence-electron chi connectivity index (χ3n) is 3.77. The van der Waals surface area contributed by atoms with Crippen molar-refractivity contribution in [2.75, 3.05) is 0 Å². The molecule has 0 atom stereocenters. The number of aromatic amines is 1. The molecule has 20 heavy (non-hydrogen) atoms. The summed E-state index contributed by atoms with van der Waals surface area (Å²) in [5, 5.41) is 0.331. The Kier molecular flexibility index (Phi) is 5.35. The van der Waals surface area contributed by atoms with Gasteiger partial charge in [-0.1, -0.05) is 20.8 Å². The molecule has 0 aromatic carbocycles. The number of nitrogens with zero attached hydrogens (tertiary/aromatic N) is 2. The summed E-state index contributed by atoms with van der Waals surface area (Å²) in [7, 11) is -1.75. The predicted molar refractivity (Wildman–Crippen MR) is 90.0 cm³/mol. The lowest BCUT2D eigenvalue weighted by atomic mass is 10.2. The molecule has 0 radical (unpaired) electrons. The minimum Gasteiger partial charge on any atom is -0.411 e. The Balaban J connectivity index is 2.81. The summed E-state index contributed by atoms with van der Waals surface area (Å²) < 4.78 is 6.17. The molecule has 1 N–H and O–H groups in total. The van der Waals surface area contributed by atoms with Crippen molar-refractivity contribution in [1.82, 2.24) is 4.98 Å². The van der Waals surface area contributed by atoms with Crippen LogP contribution in [0.2, 0.25) is 18.1 Å². The van der Waals surface area contributed by atoms with Crippen molar-refractivity contribution < 1.29 is 4.43 Å². The van der Waals surface area contributed by atoms with Crippen LogP contribution >= 0.6 is 11.6 Å². The van der Waals surface area contributed by atoms with E-state index in [0.29, 0.717) is 12.4 Å². The van der Waals surface area contributed by atoms with Gasteiger partial charge in [0.25, 0.3) is 0 Å². The highest BCUT2D eigenvalue weighted by molar-refractivity contribution is 6.74. The van der Waals surface area contributed by atoms with Crippen LogP contribution in [0.4, 0.5) is 5.82 Å². The van der Waals surface area contributed by atoms with E-state index in [-0.39, 0.29) is 10.3 Å². The van der Waals surface area contributed by atoms with Crippen LogP contribution in [0.5, 0.6) is 0 Å². The van der Waals surface area contributed by atoms with E-state index < -0.39 is 8.32 Å². The average molecular weight is 314 g/mol. The Bertz CT molecular complexity index is 515. The Morgan fingerprint density at radius 3 is 2.55 bits per heavy atom. The molecule has 1 aromatic heterocycles. The molecule has 0 unspecified atom stereocenters. The number of halogens is 1. The van der Waals surface area contributed by atoms with Crippen molar-refractivity contribution in [2.24, 2.45) is 9.98 Å². The molecule has 4 nitrogen and oxygen atoms in total. The van der Waals surface area contributed by atoms with Gasteiger partial charge in [0.2, 0.25) is 5.29 Å². The molecule has 0 aliphatic carbocycles. The summed E-state index contributed by atoms with van der Waals surface area (Å²) in [5.74, 6) is 0.705. The first-order valence-electron chi connectivity index (χ1n) is 6.60. The van der Waals surface area contributed by atoms with Crippen LogP contribution in [0.25, 0.3) is 0 Å². The summed E-state index contributed by atoms with van der Waals surface area (Å²) in [6, 6.07) is 2.03. The minimum absolute atomic E-state index is 0.131. The van der Waals surface area contributed by atoms with Gasteiger partial charge in [0.15, 0.2) is 8.32 Å². The lowest BCUT2D eigenvalue weighted by molar-refractivity contribution is 0.273. The molecular formula is C14H24ClN3OSi. The fourth-order valence-corrected chi connectivity index (χ4v) is 2.45. The summed E-state index contributed by atoms with van der Waals surface area (Å²) in [4.78, 5) is 10.9. The highest BCUT2D eigenvalue weighted by Gasteiger charge is 2.37. The van der Waals surface area contributed by atoms with Gasteiger partial charge in [0.1, 0.15) is 5.82 Å². The zero-order valence-corrected chi connectivity index (χ0v) is 14.9. The van der Waals surface area contributed by atoms with Crippen molar-refractivity contribution in [1.29, 1.82) is 0 Å². The molecule has 0 spiro atoms. The van der Waals surface area contributed by atoms with E-state index in [4.69, 9.17) is 16.0 Å². The van der Waals surface area contributed by atoms with E-state index in [1.807, 2.05) is 13.0 Å². The Morgan fingerprint density at radius 2 is 2.05 bits per heavy atom. The number of aromatic nitrogens is 1. The van der Waals surface area contributed by atoms with E-state index in [2.05, 4.69) is 55.6 Å². The largest absolute Gasteiger partial charge is 0.411 e. The molecule has 1 aromatic rings. The van der Waals surface area contributed by atoms with Crippen molar-refractivity contribution in [3.63, 3.8) is 0 Å². The average Bonchev–Trinajstić information content (AvgIpc) is 2.66. The second-order valence-corrected chi connectivity index (χ2v) is 11.6. The standard InChI is InChI=1S/C14H24ClN3OSi/c1-10-8-11(17-12(10)18-13(15)16-5)9-19-20(6,7)14(2,3)4/h8,17H,5,9H2,1-4,6-7H3. The first-order chi connectivity index (χ1) is 9.06. The van der Waals surface area contributed by atoms with Gasteiger partial charge in [0.05, 0.1) is 6.61 Å². The van der Waals surface area contributed by atoms with Gasteiger partial charge in [-0.05, 0) is 55.0 Å². The molecule has 6 heteroatoms. The smallest absolute Gasteiger partial charge is 0.223 e. The molecule has 0 saturated carbocycles. The molecule has 0 aliphatic rings. The third-order valence-corrected chi connectivity index (χ3v) is 8.45. The van der Waals surface area contributed by atoms with Crippen LogP contribution < -0.4 is 0 Å². The van der Waals surface area contributed by atoms with Crippen LogP contribution in [-0.2, 0) is 11.0 Å². The zero-order valence-electron chi connectivity index (χ0n) is 13.2. The Morgan fingerprint density at radius 1 is 1.45 bits per heavy atom. The van der Waals surface area contributed by atoms with Gasteiger partial charge in [-0.25, -0.2) is 9.98 Å². The number of H-pyrrole nitrogens is 1. The van der Waals surface area contributed by atoms with Crippen LogP contribution in [-0.4, -0.2) is 25.3 Å². The molecule has 0 saturated heterocycles. The quantitative estimate of drug-likeness (QED) is 0.370. The molecule has 0 fully saturated rings. The number of amidine groups is 1. The monoisotopic (exact) mass is 313 g/mol. The Hall–Kier alpha value is -0.913. The number of aliphatic imine (C=N–C) groups is 2. The summed E-state index contributed by atoms with van der Waals surface area (Å²) in [6.45, 7) is 17.0. The summed E-state index contributed by atoms with van der Waals surface area (Å²) in [5.41, 5.74) is 2.01. The fraction of sp³-hybridized carbons (Fsp3) is 0.571. The molecule has 1 heterocycles. The van der Waals surface area contributed by atoms with Crippen molar-refractivity contribution in [3.05, 3.63) is 17.3 Å². The van der Waals surface area contributed by atoms with E-state index in [1.54, 1.807) is 0 Å². The van der Waals surface area contributed by atoms with Gasteiger partial charge >= 0.3 is 0 Å². The molecule has 0 aliphatic heterocycles. The van der Waals surface area contributed by atoms with E-state index >= 15 is 0 Å². The molecule has 0 amide bonds. The molecule has 1 rings (SSSR count). The first-order valence-corrected chi connectivity index (χ1v) is 9.89. The topological polar surface area (TPSA) is 49.7 Å². The van der Waals surface area contributed by atoms with E-state index in [0.717, 1.165) is 11.3 Å². The second-order valence-electron chi connectivity index (χ2n) is 6.41. The van der Waals surface area contributed by atoms with Crippen LogP contribution in [0.3, 0.4) is 0 Å². The summed E-state index contributed by atoms with van der Waals surface area (Å²) in [6.07, 6.45) is 0. The van der Waals surface area contributed by atoms with Gasteiger partial charge in [-0.2, -0.15) is 0 Å². The second kappa shape index (κ2) is 6.24. The zero-order chi connectivity index (χ0) is 15.6. The van der Waals surface area contributed by atoms with Crippen molar-refractivity contribution in [3.8, 4) is 0 Å². The van der Waals surface area contributed by atoms with Crippen molar-refractivity contribution in [2.45, 2.75) is 52.4 Å². The highest BCUT2D eigenvalue weighted by atomic mass is 35.5. The van der Waals surface area contributed by atoms with Gasteiger partial charge in [0, 0.05) is 5.69 Å². The third kappa shape index (κ3) is 4.29. The van der Waals surface area contributed by atoms with E-state index in [1.165, 1.54) is 0 Å². The number of aryl methyl sites for hydroxylation is 1. The maximum absolute atomic E-state index is 6.17. The van der Waals surface area contributed by atoms with Crippen molar-refractivity contribution >= 4 is 37.7 Å². The summed E-state index contributed by atoms with van der Waals surface area (Å²) >= 11 is 5.77. The van der Waals surface area contributed by atoms with Crippen LogP contribution in [0, 0.1) is 6.92 Å². The minimum atomic E-state index is -1.75. The molecular weight excluding hydrogens is 290 g/mol. The normalized spacial score (nSPS) is 13.7. The highest BCUT2D eigenvalue weighted by Crippen LogP contribution is 2.37. The maximum atomic E-state index is 6.17.